The zero-order valence-corrected chi connectivity index (χ0v) is 14.1. The van der Waals surface area contributed by atoms with E-state index in [0.29, 0.717) is 5.41 Å². The summed E-state index contributed by atoms with van der Waals surface area (Å²) in [6, 6.07) is 2.28. The van der Waals surface area contributed by atoms with Gasteiger partial charge in [0.2, 0.25) is 0 Å². The Kier molecular flexibility index (Phi) is 3.66. The van der Waals surface area contributed by atoms with E-state index in [1.807, 2.05) is 31.9 Å². The van der Waals surface area contributed by atoms with Gasteiger partial charge in [-0.2, -0.15) is 0 Å². The molecular weight excluding hydrogens is 276 g/mol. The Bertz CT molecular complexity index is 581. The molecule has 4 heteroatoms. The Morgan fingerprint density at radius 2 is 1.95 bits per heavy atom. The zero-order chi connectivity index (χ0) is 16.0. The number of hydrogen-bond acceptors (Lipinski definition) is 3. The van der Waals surface area contributed by atoms with Crippen LogP contribution in [-0.2, 0) is 17.6 Å². The maximum absolute atomic E-state index is 12.2. The standard InChI is InChI=1S/C18H26N2O2/c1-13-9-14-10-18(11-15(14)19-12-13)5-7-20(8-6-18)16(21)22-17(2,3)4/h9,12H,5-8,10-11H2,1-4H3. The lowest BCUT2D eigenvalue weighted by Crippen LogP contribution is -2.45. The van der Waals surface area contributed by atoms with Crippen molar-refractivity contribution in [3.05, 3.63) is 29.1 Å². The van der Waals surface area contributed by atoms with Crippen molar-refractivity contribution >= 4 is 6.09 Å². The van der Waals surface area contributed by atoms with E-state index < -0.39 is 5.60 Å². The molecule has 0 bridgehead atoms. The third-order valence-electron chi connectivity index (χ3n) is 4.78. The van der Waals surface area contributed by atoms with Crippen molar-refractivity contribution in [1.29, 1.82) is 0 Å². The summed E-state index contributed by atoms with van der Waals surface area (Å²) in [6.07, 6.45) is 6.05. The molecule has 0 radical (unpaired) electrons. The number of pyridine rings is 1. The molecule has 1 aromatic rings. The maximum atomic E-state index is 12.2. The van der Waals surface area contributed by atoms with Crippen molar-refractivity contribution < 1.29 is 9.53 Å². The van der Waals surface area contributed by atoms with E-state index in [4.69, 9.17) is 4.74 Å². The van der Waals surface area contributed by atoms with Crippen LogP contribution in [-0.4, -0.2) is 34.7 Å². The highest BCUT2D eigenvalue weighted by atomic mass is 16.6. The fourth-order valence-corrected chi connectivity index (χ4v) is 3.64. The SMILES string of the molecule is Cc1cnc2c(c1)CC1(CCN(C(=O)OC(C)(C)C)CC1)C2. The zero-order valence-electron chi connectivity index (χ0n) is 14.1. The van der Waals surface area contributed by atoms with Crippen molar-refractivity contribution in [3.8, 4) is 0 Å². The predicted molar refractivity (Wildman–Crippen MR) is 85.9 cm³/mol. The molecule has 1 aromatic heterocycles. The molecule has 22 heavy (non-hydrogen) atoms. The molecule has 2 aliphatic rings. The second-order valence-corrected chi connectivity index (χ2v) is 7.94. The van der Waals surface area contributed by atoms with Crippen LogP contribution in [0, 0.1) is 12.3 Å². The van der Waals surface area contributed by atoms with E-state index in [1.165, 1.54) is 16.8 Å². The van der Waals surface area contributed by atoms with Gasteiger partial charge in [0.05, 0.1) is 0 Å². The van der Waals surface area contributed by atoms with Crippen molar-refractivity contribution in [2.75, 3.05) is 13.1 Å². The second kappa shape index (κ2) is 5.25. The van der Waals surface area contributed by atoms with Gasteiger partial charge >= 0.3 is 6.09 Å². The Hall–Kier alpha value is -1.58. The van der Waals surface area contributed by atoms with Crippen LogP contribution in [0.1, 0.15) is 50.4 Å². The first-order valence-corrected chi connectivity index (χ1v) is 8.19. The Balaban J connectivity index is 1.62. The summed E-state index contributed by atoms with van der Waals surface area (Å²) < 4.78 is 5.48. The van der Waals surface area contributed by atoms with E-state index in [0.717, 1.165) is 38.8 Å². The van der Waals surface area contributed by atoms with Gasteiger partial charge in [0.1, 0.15) is 5.60 Å². The van der Waals surface area contributed by atoms with Crippen LogP contribution < -0.4 is 0 Å². The number of amides is 1. The fraction of sp³-hybridized carbons (Fsp3) is 0.667. The van der Waals surface area contributed by atoms with Crippen molar-refractivity contribution in [3.63, 3.8) is 0 Å². The molecule has 1 fully saturated rings. The summed E-state index contributed by atoms with van der Waals surface area (Å²) in [5.41, 5.74) is 3.79. The predicted octanol–water partition coefficient (Wildman–Crippen LogP) is 3.51. The summed E-state index contributed by atoms with van der Waals surface area (Å²) in [7, 11) is 0. The van der Waals surface area contributed by atoms with Gasteiger partial charge in [0.15, 0.2) is 0 Å². The highest BCUT2D eigenvalue weighted by Crippen LogP contribution is 2.44. The number of ether oxygens (including phenoxy) is 1. The average Bonchev–Trinajstić information content (AvgIpc) is 2.74. The number of carbonyl (C=O) groups excluding carboxylic acids is 1. The van der Waals surface area contributed by atoms with Gasteiger partial charge in [0, 0.05) is 25.0 Å². The Labute approximate surface area is 132 Å². The molecule has 4 nitrogen and oxygen atoms in total. The van der Waals surface area contributed by atoms with E-state index in [2.05, 4.69) is 18.0 Å². The van der Waals surface area contributed by atoms with Gasteiger partial charge < -0.3 is 9.64 Å². The number of piperidine rings is 1. The van der Waals surface area contributed by atoms with Crippen molar-refractivity contribution in [2.45, 2.75) is 59.0 Å². The van der Waals surface area contributed by atoms with E-state index in [9.17, 15) is 4.79 Å². The maximum Gasteiger partial charge on any atom is 0.410 e. The van der Waals surface area contributed by atoms with Gasteiger partial charge in [0.25, 0.3) is 0 Å². The van der Waals surface area contributed by atoms with Crippen LogP contribution in [0.5, 0.6) is 0 Å². The molecule has 0 saturated carbocycles. The molecule has 1 spiro atoms. The lowest BCUT2D eigenvalue weighted by molar-refractivity contribution is 0.0110. The van der Waals surface area contributed by atoms with Crippen molar-refractivity contribution in [1.82, 2.24) is 9.88 Å². The van der Waals surface area contributed by atoms with Gasteiger partial charge in [-0.3, -0.25) is 4.98 Å². The average molecular weight is 302 g/mol. The van der Waals surface area contributed by atoms with Crippen LogP contribution >= 0.6 is 0 Å². The first-order chi connectivity index (χ1) is 10.3. The molecule has 1 aliphatic carbocycles. The topological polar surface area (TPSA) is 42.4 Å². The van der Waals surface area contributed by atoms with E-state index in [-0.39, 0.29) is 6.09 Å². The summed E-state index contributed by atoms with van der Waals surface area (Å²) in [5, 5.41) is 0. The van der Waals surface area contributed by atoms with Crippen LogP contribution in [0.15, 0.2) is 12.3 Å². The summed E-state index contributed by atoms with van der Waals surface area (Å²) in [6.45, 7) is 9.43. The Morgan fingerprint density at radius 1 is 1.27 bits per heavy atom. The molecule has 0 unspecified atom stereocenters. The van der Waals surface area contributed by atoms with Crippen LogP contribution in [0.4, 0.5) is 4.79 Å². The van der Waals surface area contributed by atoms with Gasteiger partial charge in [-0.15, -0.1) is 0 Å². The molecule has 120 valence electrons. The van der Waals surface area contributed by atoms with Gasteiger partial charge in [-0.05, 0) is 69.9 Å². The van der Waals surface area contributed by atoms with Gasteiger partial charge in [-0.25, -0.2) is 4.79 Å². The molecule has 2 heterocycles. The molecule has 0 atom stereocenters. The summed E-state index contributed by atoms with van der Waals surface area (Å²) >= 11 is 0. The summed E-state index contributed by atoms with van der Waals surface area (Å²) in [4.78, 5) is 18.6. The molecule has 1 amide bonds. The third kappa shape index (κ3) is 3.11. The third-order valence-corrected chi connectivity index (χ3v) is 4.78. The quantitative estimate of drug-likeness (QED) is 0.736. The smallest absolute Gasteiger partial charge is 0.410 e. The molecule has 1 saturated heterocycles. The number of fused-ring (bicyclic) bond motifs is 1. The number of rotatable bonds is 0. The minimum Gasteiger partial charge on any atom is -0.444 e. The van der Waals surface area contributed by atoms with Crippen LogP contribution in [0.3, 0.4) is 0 Å². The lowest BCUT2D eigenvalue weighted by atomic mass is 9.76. The number of hydrogen-bond donors (Lipinski definition) is 0. The molecule has 0 N–H and O–H groups in total. The number of aromatic nitrogens is 1. The molecular formula is C18H26N2O2. The highest BCUT2D eigenvalue weighted by molar-refractivity contribution is 5.68. The highest BCUT2D eigenvalue weighted by Gasteiger charge is 2.41. The number of carbonyl (C=O) groups is 1. The monoisotopic (exact) mass is 302 g/mol. The minimum atomic E-state index is -0.419. The van der Waals surface area contributed by atoms with Crippen LogP contribution in [0.2, 0.25) is 0 Å². The first kappa shape index (κ1) is 15.3. The van der Waals surface area contributed by atoms with Gasteiger partial charge in [-0.1, -0.05) is 6.07 Å². The van der Waals surface area contributed by atoms with Crippen molar-refractivity contribution in [2.24, 2.45) is 5.41 Å². The number of likely N-dealkylation sites (tertiary alicyclic amines) is 1. The fourth-order valence-electron chi connectivity index (χ4n) is 3.64. The number of nitrogens with zero attached hydrogens (tertiary/aromatic N) is 2. The second-order valence-electron chi connectivity index (χ2n) is 7.94. The lowest BCUT2D eigenvalue weighted by Gasteiger charge is -2.39. The van der Waals surface area contributed by atoms with E-state index in [1.54, 1.807) is 0 Å². The summed E-state index contributed by atoms with van der Waals surface area (Å²) in [5.74, 6) is 0. The van der Waals surface area contributed by atoms with Crippen LogP contribution in [0.25, 0.3) is 0 Å². The van der Waals surface area contributed by atoms with E-state index >= 15 is 0 Å². The minimum absolute atomic E-state index is 0.174. The molecule has 3 rings (SSSR count). The first-order valence-electron chi connectivity index (χ1n) is 8.19. The Morgan fingerprint density at radius 3 is 2.59 bits per heavy atom. The molecule has 1 aliphatic heterocycles. The largest absolute Gasteiger partial charge is 0.444 e. The molecule has 0 aromatic carbocycles. The number of aryl methyl sites for hydroxylation is 1. The normalized spacial score (nSPS) is 20.1.